The summed E-state index contributed by atoms with van der Waals surface area (Å²) in [6, 6.07) is 0. The number of nitrogens with zero attached hydrogens (tertiary/aromatic N) is 4. The molecule has 0 saturated heterocycles. The fraction of sp³-hybridized carbons (Fsp3) is 0.917. The van der Waals surface area contributed by atoms with Gasteiger partial charge in [0.2, 0.25) is 0 Å². The fourth-order valence-corrected chi connectivity index (χ4v) is 2.74. The lowest BCUT2D eigenvalue weighted by Gasteiger charge is -2.37. The van der Waals surface area contributed by atoms with Gasteiger partial charge in [0.1, 0.15) is 5.60 Å². The van der Waals surface area contributed by atoms with E-state index in [1.54, 1.807) is 4.68 Å². The Balaban J connectivity index is 2.25. The van der Waals surface area contributed by atoms with Crippen LogP contribution in [-0.2, 0) is 16.9 Å². The van der Waals surface area contributed by atoms with Gasteiger partial charge in [0.05, 0.1) is 6.54 Å². The zero-order valence-corrected chi connectivity index (χ0v) is 11.3. The van der Waals surface area contributed by atoms with Crippen molar-refractivity contribution in [3.63, 3.8) is 0 Å². The molecule has 1 aromatic heterocycles. The van der Waals surface area contributed by atoms with Crippen molar-refractivity contribution in [2.45, 2.75) is 51.7 Å². The number of rotatable bonds is 5. The van der Waals surface area contributed by atoms with Crippen molar-refractivity contribution in [1.29, 1.82) is 0 Å². The van der Waals surface area contributed by atoms with Crippen LogP contribution in [0.25, 0.3) is 0 Å². The van der Waals surface area contributed by atoms with Gasteiger partial charge in [0.15, 0.2) is 5.82 Å². The van der Waals surface area contributed by atoms with Crippen LogP contribution in [0.5, 0.6) is 0 Å². The predicted molar refractivity (Wildman–Crippen MR) is 67.8 cm³/mol. The van der Waals surface area contributed by atoms with Gasteiger partial charge in [-0.2, -0.15) is 0 Å². The van der Waals surface area contributed by atoms with E-state index in [2.05, 4.69) is 22.4 Å². The van der Waals surface area contributed by atoms with E-state index >= 15 is 0 Å². The second-order valence-electron chi connectivity index (χ2n) is 5.12. The lowest BCUT2D eigenvalue weighted by atomic mass is 9.79. The molecular weight excluding hydrogens is 230 g/mol. The van der Waals surface area contributed by atoms with Crippen molar-refractivity contribution in [3.8, 4) is 0 Å². The van der Waals surface area contributed by atoms with Crippen LogP contribution in [0, 0.1) is 5.92 Å². The second kappa shape index (κ2) is 5.75. The van der Waals surface area contributed by atoms with E-state index in [-0.39, 0.29) is 5.60 Å². The average molecular weight is 253 g/mol. The lowest BCUT2D eigenvalue weighted by Crippen LogP contribution is -2.38. The quantitative estimate of drug-likeness (QED) is 0.849. The topological polar surface area (TPSA) is 78.9 Å². The molecule has 1 aromatic rings. The maximum Gasteiger partial charge on any atom is 0.183 e. The van der Waals surface area contributed by atoms with Gasteiger partial charge in [0, 0.05) is 13.2 Å². The third-order valence-electron chi connectivity index (χ3n) is 3.78. The Kier molecular flexibility index (Phi) is 4.29. The van der Waals surface area contributed by atoms with Gasteiger partial charge in [-0.3, -0.25) is 0 Å². The molecule has 1 saturated carbocycles. The van der Waals surface area contributed by atoms with Gasteiger partial charge >= 0.3 is 0 Å². The monoisotopic (exact) mass is 253 g/mol. The van der Waals surface area contributed by atoms with Crippen molar-refractivity contribution in [3.05, 3.63) is 5.82 Å². The zero-order chi connectivity index (χ0) is 13.0. The fourth-order valence-electron chi connectivity index (χ4n) is 2.74. The maximum atomic E-state index is 6.05. The van der Waals surface area contributed by atoms with E-state index in [0.717, 1.165) is 37.4 Å². The summed E-state index contributed by atoms with van der Waals surface area (Å²) in [7, 11) is 0. The standard InChI is InChI=1S/C12H23N5O/c1-3-18-12(6-4-10(2)5-7-12)11-14-15-16-17(11)9-8-13/h10H,3-9,13H2,1-2H3. The van der Waals surface area contributed by atoms with Crippen molar-refractivity contribution >= 4 is 0 Å². The summed E-state index contributed by atoms with van der Waals surface area (Å²) < 4.78 is 7.84. The van der Waals surface area contributed by atoms with E-state index in [9.17, 15) is 0 Å². The third-order valence-corrected chi connectivity index (χ3v) is 3.78. The highest BCUT2D eigenvalue weighted by Gasteiger charge is 2.41. The van der Waals surface area contributed by atoms with E-state index in [4.69, 9.17) is 10.5 Å². The highest BCUT2D eigenvalue weighted by Crippen LogP contribution is 2.41. The number of hydrogen-bond acceptors (Lipinski definition) is 5. The van der Waals surface area contributed by atoms with Crippen LogP contribution in [0.4, 0.5) is 0 Å². The van der Waals surface area contributed by atoms with Gasteiger partial charge in [-0.05, 0) is 49.0 Å². The van der Waals surface area contributed by atoms with Gasteiger partial charge < -0.3 is 10.5 Å². The first-order valence-electron chi connectivity index (χ1n) is 6.82. The smallest absolute Gasteiger partial charge is 0.183 e. The number of tetrazole rings is 1. The number of aromatic nitrogens is 4. The van der Waals surface area contributed by atoms with E-state index < -0.39 is 0 Å². The Labute approximate surface area is 108 Å². The molecule has 2 rings (SSSR count). The number of ether oxygens (including phenoxy) is 1. The van der Waals surface area contributed by atoms with Crippen LogP contribution < -0.4 is 5.73 Å². The van der Waals surface area contributed by atoms with E-state index in [0.29, 0.717) is 19.7 Å². The van der Waals surface area contributed by atoms with Gasteiger partial charge in [-0.1, -0.05) is 6.92 Å². The summed E-state index contributed by atoms with van der Waals surface area (Å²) in [5.74, 6) is 1.61. The number of nitrogens with two attached hydrogens (primary N) is 1. The molecule has 102 valence electrons. The minimum absolute atomic E-state index is 0.306. The molecule has 0 amide bonds. The molecule has 18 heavy (non-hydrogen) atoms. The molecule has 1 fully saturated rings. The van der Waals surface area contributed by atoms with Crippen LogP contribution in [-0.4, -0.2) is 33.4 Å². The summed E-state index contributed by atoms with van der Waals surface area (Å²) >= 11 is 0. The summed E-state index contributed by atoms with van der Waals surface area (Å²) in [6.07, 6.45) is 4.31. The Morgan fingerprint density at radius 2 is 2.17 bits per heavy atom. The van der Waals surface area contributed by atoms with Crippen LogP contribution in [0.2, 0.25) is 0 Å². The molecule has 0 bridgehead atoms. The van der Waals surface area contributed by atoms with E-state index in [1.165, 1.54) is 0 Å². The zero-order valence-electron chi connectivity index (χ0n) is 11.3. The van der Waals surface area contributed by atoms with E-state index in [1.807, 2.05) is 6.92 Å². The molecule has 1 heterocycles. The van der Waals surface area contributed by atoms with Gasteiger partial charge in [-0.15, -0.1) is 5.10 Å². The Bertz CT molecular complexity index is 370. The molecule has 0 spiro atoms. The first kappa shape index (κ1) is 13.4. The second-order valence-corrected chi connectivity index (χ2v) is 5.12. The molecule has 1 aliphatic rings. The maximum absolute atomic E-state index is 6.05. The summed E-state index contributed by atoms with van der Waals surface area (Å²) in [5.41, 5.74) is 5.29. The highest BCUT2D eigenvalue weighted by atomic mass is 16.5. The third kappa shape index (κ3) is 2.54. The van der Waals surface area contributed by atoms with Crippen molar-refractivity contribution in [1.82, 2.24) is 20.2 Å². The van der Waals surface area contributed by atoms with Crippen molar-refractivity contribution in [2.75, 3.05) is 13.2 Å². The van der Waals surface area contributed by atoms with Crippen LogP contribution >= 0.6 is 0 Å². The first-order chi connectivity index (χ1) is 8.72. The molecular formula is C12H23N5O. The van der Waals surface area contributed by atoms with Crippen LogP contribution in [0.15, 0.2) is 0 Å². The van der Waals surface area contributed by atoms with Crippen molar-refractivity contribution < 1.29 is 4.74 Å². The molecule has 2 N–H and O–H groups in total. The molecule has 0 aliphatic heterocycles. The van der Waals surface area contributed by atoms with Crippen LogP contribution in [0.3, 0.4) is 0 Å². The van der Waals surface area contributed by atoms with Crippen molar-refractivity contribution in [2.24, 2.45) is 11.7 Å². The molecule has 6 nitrogen and oxygen atoms in total. The molecule has 0 aromatic carbocycles. The highest BCUT2D eigenvalue weighted by molar-refractivity contribution is 5.03. The molecule has 0 atom stereocenters. The molecule has 0 unspecified atom stereocenters. The Morgan fingerprint density at radius 1 is 1.44 bits per heavy atom. The lowest BCUT2D eigenvalue weighted by molar-refractivity contribution is -0.0864. The number of hydrogen-bond donors (Lipinski definition) is 1. The minimum Gasteiger partial charge on any atom is -0.367 e. The summed E-state index contributed by atoms with van der Waals surface area (Å²) in [6.45, 7) is 6.18. The molecule has 0 radical (unpaired) electrons. The van der Waals surface area contributed by atoms with Crippen LogP contribution in [0.1, 0.15) is 45.4 Å². The Morgan fingerprint density at radius 3 is 2.78 bits per heavy atom. The summed E-state index contributed by atoms with van der Waals surface area (Å²) in [4.78, 5) is 0. The van der Waals surface area contributed by atoms with Gasteiger partial charge in [-0.25, -0.2) is 4.68 Å². The first-order valence-corrected chi connectivity index (χ1v) is 6.82. The molecule has 1 aliphatic carbocycles. The molecule has 6 heteroatoms. The van der Waals surface area contributed by atoms with Gasteiger partial charge in [0.25, 0.3) is 0 Å². The minimum atomic E-state index is -0.306. The normalized spacial score (nSPS) is 28.5. The SMILES string of the molecule is CCOC1(c2nnnn2CCN)CCC(C)CC1. The Hall–Kier alpha value is -1.01. The average Bonchev–Trinajstić information content (AvgIpc) is 2.82. The predicted octanol–water partition coefficient (Wildman–Crippen LogP) is 1.07. The summed E-state index contributed by atoms with van der Waals surface area (Å²) in [5, 5.41) is 12.0. The largest absolute Gasteiger partial charge is 0.367 e.